The summed E-state index contributed by atoms with van der Waals surface area (Å²) in [5.74, 6) is 0.908. The Hall–Kier alpha value is -1.54. The van der Waals surface area contributed by atoms with Gasteiger partial charge in [-0.05, 0) is 34.5 Å². The average molecular weight is 229 g/mol. The van der Waals surface area contributed by atoms with Crippen LogP contribution >= 0.6 is 0 Å². The van der Waals surface area contributed by atoms with Crippen LogP contribution in [0.1, 0.15) is 19.4 Å². The molecule has 90 valence electrons. The molecule has 0 heterocycles. The van der Waals surface area contributed by atoms with E-state index in [2.05, 4.69) is 49.5 Å². The smallest absolute Gasteiger partial charge is 0.119 e. The second-order valence-electron chi connectivity index (χ2n) is 4.58. The number of nitrogens with one attached hydrogen (secondary N) is 1. The normalized spacial score (nSPS) is 11.1. The van der Waals surface area contributed by atoms with E-state index in [1.807, 2.05) is 6.07 Å². The monoisotopic (exact) mass is 229 g/mol. The second kappa shape index (κ2) is 5.19. The zero-order chi connectivity index (χ0) is 12.3. The first kappa shape index (κ1) is 11.9. The lowest BCUT2D eigenvalue weighted by Crippen LogP contribution is -2.21. The second-order valence-corrected chi connectivity index (χ2v) is 4.58. The predicted molar refractivity (Wildman–Crippen MR) is 72.5 cm³/mol. The Labute approximate surface area is 103 Å². The summed E-state index contributed by atoms with van der Waals surface area (Å²) < 4.78 is 5.22. The molecule has 2 heteroatoms. The summed E-state index contributed by atoms with van der Waals surface area (Å²) in [7, 11) is 1.70. The van der Waals surface area contributed by atoms with Crippen LogP contribution in [0.3, 0.4) is 0 Å². The van der Waals surface area contributed by atoms with Crippen LogP contribution in [0.2, 0.25) is 0 Å². The van der Waals surface area contributed by atoms with E-state index in [4.69, 9.17) is 4.74 Å². The maximum Gasteiger partial charge on any atom is 0.119 e. The third-order valence-electron chi connectivity index (χ3n) is 2.83. The van der Waals surface area contributed by atoms with Gasteiger partial charge in [0.2, 0.25) is 0 Å². The lowest BCUT2D eigenvalue weighted by Gasteiger charge is -2.09. The van der Waals surface area contributed by atoms with Crippen molar-refractivity contribution in [3.05, 3.63) is 42.0 Å². The lowest BCUT2D eigenvalue weighted by atomic mass is 10.1. The molecule has 0 aliphatic heterocycles. The lowest BCUT2D eigenvalue weighted by molar-refractivity contribution is 0.415. The number of hydrogen-bond acceptors (Lipinski definition) is 2. The minimum atomic E-state index is 0.515. The summed E-state index contributed by atoms with van der Waals surface area (Å²) in [6, 6.07) is 13.2. The molecule has 0 saturated heterocycles. The molecule has 0 radical (unpaired) electrons. The highest BCUT2D eigenvalue weighted by atomic mass is 16.5. The van der Waals surface area contributed by atoms with E-state index in [1.165, 1.54) is 16.3 Å². The Bertz CT molecular complexity index is 505. The van der Waals surface area contributed by atoms with Crippen LogP contribution in [0.5, 0.6) is 5.75 Å². The topological polar surface area (TPSA) is 21.3 Å². The molecule has 2 aromatic carbocycles. The molecule has 0 unspecified atom stereocenters. The summed E-state index contributed by atoms with van der Waals surface area (Å²) in [5, 5.41) is 5.90. The molecule has 0 spiro atoms. The molecule has 0 fully saturated rings. The standard InChI is InChI=1S/C15H19NO/c1-11(2)16-10-12-4-5-14-9-15(17-3)7-6-13(14)8-12/h4-9,11,16H,10H2,1-3H3. The largest absolute Gasteiger partial charge is 0.497 e. The number of benzene rings is 2. The third-order valence-corrected chi connectivity index (χ3v) is 2.83. The number of ether oxygens (including phenoxy) is 1. The minimum Gasteiger partial charge on any atom is -0.497 e. The van der Waals surface area contributed by atoms with Gasteiger partial charge in [-0.1, -0.05) is 32.0 Å². The van der Waals surface area contributed by atoms with E-state index in [0.29, 0.717) is 6.04 Å². The summed E-state index contributed by atoms with van der Waals surface area (Å²) in [6.07, 6.45) is 0. The van der Waals surface area contributed by atoms with Gasteiger partial charge in [0.05, 0.1) is 7.11 Å². The van der Waals surface area contributed by atoms with E-state index in [1.54, 1.807) is 7.11 Å². The first-order valence-corrected chi connectivity index (χ1v) is 5.99. The fraction of sp³-hybridized carbons (Fsp3) is 0.333. The van der Waals surface area contributed by atoms with E-state index in [9.17, 15) is 0 Å². The van der Waals surface area contributed by atoms with Crippen LogP contribution in [-0.4, -0.2) is 13.2 Å². The molecule has 2 rings (SSSR count). The fourth-order valence-corrected chi connectivity index (χ4v) is 1.83. The Morgan fingerprint density at radius 3 is 2.47 bits per heavy atom. The summed E-state index contributed by atoms with van der Waals surface area (Å²) in [6.45, 7) is 5.23. The third kappa shape index (κ3) is 2.98. The van der Waals surface area contributed by atoms with Gasteiger partial charge in [0.1, 0.15) is 5.75 Å². The molecule has 2 nitrogen and oxygen atoms in total. The first-order valence-electron chi connectivity index (χ1n) is 5.99. The van der Waals surface area contributed by atoms with Gasteiger partial charge in [0, 0.05) is 12.6 Å². The Morgan fingerprint density at radius 1 is 1.06 bits per heavy atom. The van der Waals surface area contributed by atoms with E-state index < -0.39 is 0 Å². The Balaban J connectivity index is 2.25. The minimum absolute atomic E-state index is 0.515. The van der Waals surface area contributed by atoms with Crippen molar-refractivity contribution in [2.24, 2.45) is 0 Å². The van der Waals surface area contributed by atoms with Crippen molar-refractivity contribution in [2.75, 3.05) is 7.11 Å². The van der Waals surface area contributed by atoms with E-state index in [-0.39, 0.29) is 0 Å². The van der Waals surface area contributed by atoms with Crippen LogP contribution in [0.25, 0.3) is 10.8 Å². The number of hydrogen-bond donors (Lipinski definition) is 1. The average Bonchev–Trinajstić information content (AvgIpc) is 2.35. The summed E-state index contributed by atoms with van der Waals surface area (Å²) in [5.41, 5.74) is 1.32. The summed E-state index contributed by atoms with van der Waals surface area (Å²) >= 11 is 0. The molecule has 0 saturated carbocycles. The van der Waals surface area contributed by atoms with Gasteiger partial charge in [0.25, 0.3) is 0 Å². The van der Waals surface area contributed by atoms with Crippen molar-refractivity contribution >= 4 is 10.8 Å². The molecule has 0 amide bonds. The SMILES string of the molecule is COc1ccc2cc(CNC(C)C)ccc2c1. The van der Waals surface area contributed by atoms with Gasteiger partial charge in [0.15, 0.2) is 0 Å². The van der Waals surface area contributed by atoms with E-state index >= 15 is 0 Å². The van der Waals surface area contributed by atoms with Crippen LogP contribution in [-0.2, 0) is 6.54 Å². The maximum absolute atomic E-state index is 5.22. The van der Waals surface area contributed by atoms with Crippen molar-refractivity contribution in [1.82, 2.24) is 5.32 Å². The number of methoxy groups -OCH3 is 1. The highest BCUT2D eigenvalue weighted by molar-refractivity contribution is 5.84. The molecular weight excluding hydrogens is 210 g/mol. The van der Waals surface area contributed by atoms with Crippen molar-refractivity contribution in [2.45, 2.75) is 26.4 Å². The molecule has 17 heavy (non-hydrogen) atoms. The number of fused-ring (bicyclic) bond motifs is 1. The first-order chi connectivity index (χ1) is 8.19. The quantitative estimate of drug-likeness (QED) is 0.868. The Morgan fingerprint density at radius 2 is 1.76 bits per heavy atom. The van der Waals surface area contributed by atoms with E-state index in [0.717, 1.165) is 12.3 Å². The van der Waals surface area contributed by atoms with Gasteiger partial charge < -0.3 is 10.1 Å². The molecule has 2 aromatic rings. The molecule has 0 aromatic heterocycles. The highest BCUT2D eigenvalue weighted by Crippen LogP contribution is 2.21. The maximum atomic E-state index is 5.22. The molecular formula is C15H19NO. The summed E-state index contributed by atoms with van der Waals surface area (Å²) in [4.78, 5) is 0. The Kier molecular flexibility index (Phi) is 3.64. The van der Waals surface area contributed by atoms with Crippen LogP contribution < -0.4 is 10.1 Å². The molecule has 0 atom stereocenters. The molecule has 0 bridgehead atoms. The van der Waals surface area contributed by atoms with Crippen LogP contribution in [0, 0.1) is 0 Å². The van der Waals surface area contributed by atoms with Gasteiger partial charge in [-0.15, -0.1) is 0 Å². The molecule has 0 aliphatic rings. The van der Waals surface area contributed by atoms with Gasteiger partial charge in [-0.3, -0.25) is 0 Å². The molecule has 0 aliphatic carbocycles. The van der Waals surface area contributed by atoms with Crippen molar-refractivity contribution in [3.8, 4) is 5.75 Å². The van der Waals surface area contributed by atoms with Crippen LogP contribution in [0.4, 0.5) is 0 Å². The fourth-order valence-electron chi connectivity index (χ4n) is 1.83. The van der Waals surface area contributed by atoms with Gasteiger partial charge in [-0.25, -0.2) is 0 Å². The van der Waals surface area contributed by atoms with Crippen LogP contribution in [0.15, 0.2) is 36.4 Å². The van der Waals surface area contributed by atoms with Gasteiger partial charge >= 0.3 is 0 Å². The van der Waals surface area contributed by atoms with Crippen molar-refractivity contribution < 1.29 is 4.74 Å². The molecule has 1 N–H and O–H groups in total. The highest BCUT2D eigenvalue weighted by Gasteiger charge is 1.99. The zero-order valence-electron chi connectivity index (χ0n) is 10.7. The predicted octanol–water partition coefficient (Wildman–Crippen LogP) is 3.35. The van der Waals surface area contributed by atoms with Crippen molar-refractivity contribution in [1.29, 1.82) is 0 Å². The van der Waals surface area contributed by atoms with Crippen molar-refractivity contribution in [3.63, 3.8) is 0 Å². The number of rotatable bonds is 4. The zero-order valence-corrected chi connectivity index (χ0v) is 10.7. The van der Waals surface area contributed by atoms with Gasteiger partial charge in [-0.2, -0.15) is 0 Å².